The van der Waals surface area contributed by atoms with E-state index in [0.717, 1.165) is 10.9 Å². The van der Waals surface area contributed by atoms with E-state index in [4.69, 9.17) is 25.8 Å². The van der Waals surface area contributed by atoms with E-state index < -0.39 is 0 Å². The van der Waals surface area contributed by atoms with Crippen molar-refractivity contribution in [3.05, 3.63) is 47.1 Å². The second-order valence-corrected chi connectivity index (χ2v) is 5.68. The molecule has 130 valence electrons. The number of carbonyl (C=O) groups excluding carboxylic acids is 1. The van der Waals surface area contributed by atoms with Crippen molar-refractivity contribution in [1.29, 1.82) is 0 Å². The predicted octanol–water partition coefficient (Wildman–Crippen LogP) is 4.10. The number of rotatable bonds is 5. The quantitative estimate of drug-likeness (QED) is 0.718. The summed E-state index contributed by atoms with van der Waals surface area (Å²) < 4.78 is 15.6. The molecule has 3 aromatic rings. The second kappa shape index (κ2) is 6.94. The zero-order chi connectivity index (χ0) is 18.0. The molecule has 0 aliphatic carbocycles. The number of carbonyl (C=O) groups is 1. The first-order valence-corrected chi connectivity index (χ1v) is 7.83. The van der Waals surface area contributed by atoms with Crippen molar-refractivity contribution in [2.75, 3.05) is 26.6 Å². The normalized spacial score (nSPS) is 10.6. The Hall–Kier alpha value is -2.86. The van der Waals surface area contributed by atoms with Gasteiger partial charge in [0.1, 0.15) is 22.9 Å². The molecule has 0 spiro atoms. The maximum absolute atomic E-state index is 12.6. The number of fused-ring (bicyclic) bond motifs is 1. The molecule has 0 atom stereocenters. The molecule has 0 saturated heterocycles. The number of nitrogens with one attached hydrogen (secondary N) is 2. The Morgan fingerprint density at radius 1 is 1.00 bits per heavy atom. The summed E-state index contributed by atoms with van der Waals surface area (Å²) in [5.41, 5.74) is 1.68. The Labute approximate surface area is 149 Å². The molecule has 3 rings (SSSR count). The molecule has 7 heteroatoms. The number of H-pyrrole nitrogens is 1. The van der Waals surface area contributed by atoms with Gasteiger partial charge in [-0.25, -0.2) is 0 Å². The maximum Gasteiger partial charge on any atom is 0.272 e. The van der Waals surface area contributed by atoms with Crippen LogP contribution in [-0.2, 0) is 0 Å². The van der Waals surface area contributed by atoms with Crippen LogP contribution in [0.4, 0.5) is 5.69 Å². The predicted molar refractivity (Wildman–Crippen MR) is 97.4 cm³/mol. The first-order valence-electron chi connectivity index (χ1n) is 7.45. The Morgan fingerprint density at radius 3 is 2.44 bits per heavy atom. The lowest BCUT2D eigenvalue weighted by Crippen LogP contribution is -2.13. The first-order chi connectivity index (χ1) is 12.0. The third-order valence-electron chi connectivity index (χ3n) is 3.80. The highest BCUT2D eigenvalue weighted by Gasteiger charge is 2.15. The fourth-order valence-corrected chi connectivity index (χ4v) is 2.74. The summed E-state index contributed by atoms with van der Waals surface area (Å²) in [6, 6.07) is 10.5. The van der Waals surface area contributed by atoms with E-state index in [1.807, 2.05) is 18.2 Å². The number of hydrogen-bond acceptors (Lipinski definition) is 4. The molecule has 0 saturated carbocycles. The molecule has 2 aromatic carbocycles. The minimum Gasteiger partial charge on any atom is -0.497 e. The van der Waals surface area contributed by atoms with Crippen LogP contribution in [0.2, 0.25) is 5.02 Å². The number of halogens is 1. The molecule has 1 amide bonds. The lowest BCUT2D eigenvalue weighted by molar-refractivity contribution is 0.102. The Balaban J connectivity index is 1.90. The van der Waals surface area contributed by atoms with Gasteiger partial charge in [-0.05, 0) is 24.3 Å². The van der Waals surface area contributed by atoms with E-state index in [2.05, 4.69) is 10.3 Å². The van der Waals surface area contributed by atoms with Crippen molar-refractivity contribution in [2.24, 2.45) is 0 Å². The fourth-order valence-electron chi connectivity index (χ4n) is 2.50. The highest BCUT2D eigenvalue weighted by molar-refractivity contribution is 6.32. The number of hydrogen-bond donors (Lipinski definition) is 2. The van der Waals surface area contributed by atoms with Gasteiger partial charge in [0.15, 0.2) is 0 Å². The number of ether oxygens (including phenoxy) is 3. The summed E-state index contributed by atoms with van der Waals surface area (Å²) >= 11 is 6.13. The van der Waals surface area contributed by atoms with E-state index in [0.29, 0.717) is 33.7 Å². The van der Waals surface area contributed by atoms with Gasteiger partial charge in [-0.15, -0.1) is 0 Å². The Kier molecular flexibility index (Phi) is 4.72. The fraction of sp³-hybridized carbons (Fsp3) is 0.167. The summed E-state index contributed by atoms with van der Waals surface area (Å²) in [6.07, 6.45) is 0. The van der Waals surface area contributed by atoms with Crippen LogP contribution < -0.4 is 19.5 Å². The molecule has 0 aliphatic rings. The monoisotopic (exact) mass is 360 g/mol. The lowest BCUT2D eigenvalue weighted by Gasteiger charge is -2.12. The van der Waals surface area contributed by atoms with E-state index in [9.17, 15) is 4.79 Å². The van der Waals surface area contributed by atoms with Gasteiger partial charge < -0.3 is 24.5 Å². The largest absolute Gasteiger partial charge is 0.497 e. The van der Waals surface area contributed by atoms with Crippen LogP contribution in [0.1, 0.15) is 10.5 Å². The van der Waals surface area contributed by atoms with Crippen LogP contribution in [0.5, 0.6) is 17.2 Å². The highest BCUT2D eigenvalue weighted by atomic mass is 35.5. The van der Waals surface area contributed by atoms with Crippen LogP contribution in [-0.4, -0.2) is 32.2 Å². The number of amides is 1. The molecule has 1 aromatic heterocycles. The minimum absolute atomic E-state index is 0.310. The molecule has 0 bridgehead atoms. The number of aromatic nitrogens is 1. The van der Waals surface area contributed by atoms with E-state index >= 15 is 0 Å². The molecule has 2 N–H and O–H groups in total. The van der Waals surface area contributed by atoms with Crippen molar-refractivity contribution >= 4 is 34.1 Å². The Bertz CT molecular complexity index is 936. The molecule has 0 radical (unpaired) electrons. The maximum atomic E-state index is 12.6. The zero-order valence-electron chi connectivity index (χ0n) is 14.0. The van der Waals surface area contributed by atoms with Crippen molar-refractivity contribution < 1.29 is 19.0 Å². The van der Waals surface area contributed by atoms with E-state index in [-0.39, 0.29) is 5.91 Å². The number of methoxy groups -OCH3 is 3. The SMILES string of the molecule is COc1ccc2cc(C(=O)Nc3cc(Cl)c(OC)cc3OC)[nH]c2c1. The van der Waals surface area contributed by atoms with Gasteiger partial charge in [-0.3, -0.25) is 4.79 Å². The molecule has 1 heterocycles. The van der Waals surface area contributed by atoms with E-state index in [1.165, 1.54) is 14.2 Å². The number of aromatic amines is 1. The molecule has 6 nitrogen and oxygen atoms in total. The van der Waals surface area contributed by atoms with Gasteiger partial charge in [0.05, 0.1) is 32.0 Å². The standard InChI is InChI=1S/C18H17ClN2O4/c1-23-11-5-4-10-6-15(20-13(10)7-11)18(22)21-14-8-12(19)16(24-2)9-17(14)25-3/h4-9,20H,1-3H3,(H,21,22). The van der Waals surface area contributed by atoms with Gasteiger partial charge in [0.25, 0.3) is 5.91 Å². The van der Waals surface area contributed by atoms with Crippen molar-refractivity contribution in [1.82, 2.24) is 4.98 Å². The summed E-state index contributed by atoms with van der Waals surface area (Å²) in [7, 11) is 4.61. The van der Waals surface area contributed by atoms with E-state index in [1.54, 1.807) is 25.3 Å². The average Bonchev–Trinajstić information content (AvgIpc) is 3.05. The molecular weight excluding hydrogens is 344 g/mol. The minimum atomic E-state index is -0.310. The zero-order valence-corrected chi connectivity index (χ0v) is 14.7. The number of anilines is 1. The Morgan fingerprint density at radius 2 is 1.76 bits per heavy atom. The van der Waals surface area contributed by atoms with Crippen LogP contribution in [0, 0.1) is 0 Å². The van der Waals surface area contributed by atoms with Crippen LogP contribution in [0.25, 0.3) is 10.9 Å². The first kappa shape index (κ1) is 17.0. The third-order valence-corrected chi connectivity index (χ3v) is 4.09. The smallest absolute Gasteiger partial charge is 0.272 e. The van der Waals surface area contributed by atoms with Crippen LogP contribution in [0.3, 0.4) is 0 Å². The second-order valence-electron chi connectivity index (χ2n) is 5.28. The molecule has 0 fully saturated rings. The van der Waals surface area contributed by atoms with Gasteiger partial charge >= 0.3 is 0 Å². The van der Waals surface area contributed by atoms with Gasteiger partial charge in [0.2, 0.25) is 0 Å². The van der Waals surface area contributed by atoms with Crippen LogP contribution >= 0.6 is 11.6 Å². The average molecular weight is 361 g/mol. The van der Waals surface area contributed by atoms with Gasteiger partial charge in [-0.2, -0.15) is 0 Å². The summed E-state index contributed by atoms with van der Waals surface area (Å²) in [6.45, 7) is 0. The van der Waals surface area contributed by atoms with Crippen molar-refractivity contribution in [3.63, 3.8) is 0 Å². The third kappa shape index (κ3) is 3.34. The highest BCUT2D eigenvalue weighted by Crippen LogP contribution is 2.36. The van der Waals surface area contributed by atoms with Gasteiger partial charge in [0, 0.05) is 23.0 Å². The number of benzene rings is 2. The molecule has 25 heavy (non-hydrogen) atoms. The topological polar surface area (TPSA) is 72.6 Å². The van der Waals surface area contributed by atoms with Crippen LogP contribution in [0.15, 0.2) is 36.4 Å². The lowest BCUT2D eigenvalue weighted by atomic mass is 10.2. The van der Waals surface area contributed by atoms with Crippen molar-refractivity contribution in [3.8, 4) is 17.2 Å². The molecular formula is C18H17ClN2O4. The summed E-state index contributed by atoms with van der Waals surface area (Å²) in [4.78, 5) is 15.6. The summed E-state index contributed by atoms with van der Waals surface area (Å²) in [5, 5.41) is 4.08. The van der Waals surface area contributed by atoms with Gasteiger partial charge in [-0.1, -0.05) is 11.6 Å². The van der Waals surface area contributed by atoms with Crippen molar-refractivity contribution in [2.45, 2.75) is 0 Å². The molecule has 0 unspecified atom stereocenters. The summed E-state index contributed by atoms with van der Waals surface area (Å²) in [5.74, 6) is 1.32. The molecule has 0 aliphatic heterocycles.